The van der Waals surface area contributed by atoms with Crippen molar-refractivity contribution in [3.63, 3.8) is 0 Å². The molecule has 10 aromatic rings. The second kappa shape index (κ2) is 9.29. The molecule has 0 fully saturated rings. The summed E-state index contributed by atoms with van der Waals surface area (Å²) >= 11 is 0. The van der Waals surface area contributed by atoms with Crippen molar-refractivity contribution < 1.29 is 4.42 Å². The van der Waals surface area contributed by atoms with Crippen molar-refractivity contribution in [2.75, 3.05) is 0 Å². The van der Waals surface area contributed by atoms with E-state index in [1.165, 1.54) is 86.9 Å². The molecule has 0 amide bonds. The van der Waals surface area contributed by atoms with Crippen molar-refractivity contribution in [3.05, 3.63) is 158 Å². The summed E-state index contributed by atoms with van der Waals surface area (Å²) in [5.74, 6) is 0. The van der Waals surface area contributed by atoms with Gasteiger partial charge in [0.2, 0.25) is 0 Å². The maximum absolute atomic E-state index is 6.51. The zero-order valence-corrected chi connectivity index (χ0v) is 24.4. The van der Waals surface area contributed by atoms with Gasteiger partial charge in [-0.1, -0.05) is 140 Å². The van der Waals surface area contributed by atoms with E-state index in [1.807, 2.05) is 0 Å². The molecule has 0 unspecified atom stereocenters. The Balaban J connectivity index is 1.33. The van der Waals surface area contributed by atoms with Crippen LogP contribution in [0.5, 0.6) is 0 Å². The maximum atomic E-state index is 6.51. The fourth-order valence-corrected chi connectivity index (χ4v) is 7.69. The highest BCUT2D eigenvalue weighted by molar-refractivity contribution is 6.28. The Kier molecular flexibility index (Phi) is 5.06. The molecule has 0 bridgehead atoms. The van der Waals surface area contributed by atoms with Gasteiger partial charge in [0, 0.05) is 10.8 Å². The van der Waals surface area contributed by atoms with Crippen LogP contribution in [-0.2, 0) is 0 Å². The molecule has 0 radical (unpaired) electrons. The lowest BCUT2D eigenvalue weighted by Crippen LogP contribution is -1.91. The molecule has 0 aliphatic rings. The topological polar surface area (TPSA) is 13.1 Å². The van der Waals surface area contributed by atoms with Crippen LogP contribution in [0.3, 0.4) is 0 Å². The quantitative estimate of drug-likeness (QED) is 0.149. The third kappa shape index (κ3) is 3.50. The Bertz CT molecular complexity index is 2760. The Labute approximate surface area is 259 Å². The van der Waals surface area contributed by atoms with Crippen LogP contribution in [0.2, 0.25) is 0 Å². The van der Waals surface area contributed by atoms with Crippen molar-refractivity contribution in [2.24, 2.45) is 0 Å². The predicted molar refractivity (Wildman–Crippen MR) is 192 cm³/mol. The van der Waals surface area contributed by atoms with E-state index in [4.69, 9.17) is 4.42 Å². The first-order chi connectivity index (χ1) is 22.3. The lowest BCUT2D eigenvalue weighted by molar-refractivity contribution is 0.669. The zero-order chi connectivity index (χ0) is 29.5. The molecule has 0 atom stereocenters. The molecule has 1 aromatic heterocycles. The zero-order valence-electron chi connectivity index (χ0n) is 24.4. The molecule has 208 valence electrons. The van der Waals surface area contributed by atoms with Gasteiger partial charge in [0.05, 0.1) is 0 Å². The summed E-state index contributed by atoms with van der Waals surface area (Å²) in [6.45, 7) is 0. The summed E-state index contributed by atoms with van der Waals surface area (Å²) in [5.41, 5.74) is 6.79. The van der Waals surface area contributed by atoms with E-state index in [-0.39, 0.29) is 0 Å². The summed E-state index contributed by atoms with van der Waals surface area (Å²) in [6.07, 6.45) is 0. The molecule has 10 rings (SSSR count). The summed E-state index contributed by atoms with van der Waals surface area (Å²) in [5, 5.41) is 14.9. The molecule has 1 heterocycles. The van der Waals surface area contributed by atoms with Crippen molar-refractivity contribution >= 4 is 75.8 Å². The number of fused-ring (bicyclic) bond motifs is 10. The highest BCUT2D eigenvalue weighted by atomic mass is 16.3. The van der Waals surface area contributed by atoms with Gasteiger partial charge < -0.3 is 4.42 Å². The molecular formula is C44H26O. The van der Waals surface area contributed by atoms with Crippen LogP contribution < -0.4 is 0 Å². The Hall–Kier alpha value is -5.92. The van der Waals surface area contributed by atoms with Gasteiger partial charge in [-0.25, -0.2) is 0 Å². The first kappa shape index (κ1) is 24.5. The van der Waals surface area contributed by atoms with Crippen LogP contribution in [0.15, 0.2) is 162 Å². The minimum Gasteiger partial charge on any atom is -0.456 e. The Morgan fingerprint density at radius 1 is 0.311 bits per heavy atom. The third-order valence-electron chi connectivity index (χ3n) is 9.62. The molecular weight excluding hydrogens is 544 g/mol. The fourth-order valence-electron chi connectivity index (χ4n) is 7.69. The molecule has 0 N–H and O–H groups in total. The monoisotopic (exact) mass is 570 g/mol. The first-order valence-corrected chi connectivity index (χ1v) is 15.5. The first-order valence-electron chi connectivity index (χ1n) is 15.5. The van der Waals surface area contributed by atoms with E-state index in [0.29, 0.717) is 0 Å². The lowest BCUT2D eigenvalue weighted by atomic mass is 9.84. The SMILES string of the molecule is c1ccc2c(c1)ccc1cc(-c3c4ccccc4c(-c4cccc5oc6ccc7ccccc7c6c45)c4ccccc34)ccc12. The average molecular weight is 571 g/mol. The van der Waals surface area contributed by atoms with Crippen LogP contribution in [0.4, 0.5) is 0 Å². The molecule has 0 saturated heterocycles. The van der Waals surface area contributed by atoms with E-state index in [1.54, 1.807) is 0 Å². The smallest absolute Gasteiger partial charge is 0.136 e. The molecule has 1 nitrogen and oxygen atoms in total. The summed E-state index contributed by atoms with van der Waals surface area (Å²) in [4.78, 5) is 0. The van der Waals surface area contributed by atoms with Crippen LogP contribution in [0.25, 0.3) is 98.1 Å². The van der Waals surface area contributed by atoms with Crippen LogP contribution >= 0.6 is 0 Å². The van der Waals surface area contributed by atoms with Crippen LogP contribution in [0, 0.1) is 0 Å². The lowest BCUT2D eigenvalue weighted by Gasteiger charge is -2.18. The van der Waals surface area contributed by atoms with Crippen molar-refractivity contribution in [2.45, 2.75) is 0 Å². The normalized spacial score (nSPS) is 12.0. The minimum atomic E-state index is 0.915. The van der Waals surface area contributed by atoms with Gasteiger partial charge in [0.25, 0.3) is 0 Å². The number of furan rings is 1. The van der Waals surface area contributed by atoms with E-state index in [0.717, 1.165) is 11.2 Å². The molecule has 0 saturated carbocycles. The van der Waals surface area contributed by atoms with Crippen molar-refractivity contribution in [1.29, 1.82) is 0 Å². The van der Waals surface area contributed by atoms with Gasteiger partial charge in [0.1, 0.15) is 11.2 Å². The standard InChI is InChI=1S/C44H26O/c1-3-12-31-27(10-1)20-21-29-26-30(22-24-32(29)31)41-34-14-5-7-16-36(34)42(37-17-8-6-15-35(37)41)38-18-9-19-39-44(38)43-33-13-4-2-11-28(33)23-25-40(43)45-39/h1-26H. The van der Waals surface area contributed by atoms with Gasteiger partial charge in [-0.3, -0.25) is 0 Å². The van der Waals surface area contributed by atoms with E-state index >= 15 is 0 Å². The van der Waals surface area contributed by atoms with Gasteiger partial charge in [-0.05, 0) is 94.3 Å². The number of rotatable bonds is 2. The molecule has 9 aromatic carbocycles. The third-order valence-corrected chi connectivity index (χ3v) is 9.62. The highest BCUT2D eigenvalue weighted by Crippen LogP contribution is 2.48. The molecule has 0 aliphatic carbocycles. The highest BCUT2D eigenvalue weighted by Gasteiger charge is 2.21. The van der Waals surface area contributed by atoms with Crippen molar-refractivity contribution in [1.82, 2.24) is 0 Å². The molecule has 0 aliphatic heterocycles. The van der Waals surface area contributed by atoms with E-state index < -0.39 is 0 Å². The van der Waals surface area contributed by atoms with Gasteiger partial charge in [-0.2, -0.15) is 0 Å². The second-order valence-corrected chi connectivity index (χ2v) is 12.0. The number of benzene rings is 9. The Morgan fingerprint density at radius 3 is 1.58 bits per heavy atom. The molecule has 45 heavy (non-hydrogen) atoms. The minimum absolute atomic E-state index is 0.915. The molecule has 1 heteroatoms. The van der Waals surface area contributed by atoms with Gasteiger partial charge >= 0.3 is 0 Å². The van der Waals surface area contributed by atoms with Gasteiger partial charge in [-0.15, -0.1) is 0 Å². The maximum Gasteiger partial charge on any atom is 0.136 e. The summed E-state index contributed by atoms with van der Waals surface area (Å²) in [6, 6.07) is 57.3. The number of hydrogen-bond donors (Lipinski definition) is 0. The molecule has 0 spiro atoms. The fraction of sp³-hybridized carbons (Fsp3) is 0. The largest absolute Gasteiger partial charge is 0.456 e. The summed E-state index contributed by atoms with van der Waals surface area (Å²) in [7, 11) is 0. The predicted octanol–water partition coefficient (Wildman–Crippen LogP) is 12.7. The average Bonchev–Trinajstić information content (AvgIpc) is 3.50. The Morgan fingerprint density at radius 2 is 0.844 bits per heavy atom. The van der Waals surface area contributed by atoms with Crippen LogP contribution in [0.1, 0.15) is 0 Å². The van der Waals surface area contributed by atoms with Gasteiger partial charge in [0.15, 0.2) is 0 Å². The van der Waals surface area contributed by atoms with Crippen molar-refractivity contribution in [3.8, 4) is 22.3 Å². The van der Waals surface area contributed by atoms with E-state index in [9.17, 15) is 0 Å². The van der Waals surface area contributed by atoms with E-state index in [2.05, 4.69) is 158 Å². The summed E-state index contributed by atoms with van der Waals surface area (Å²) < 4.78 is 6.51. The second-order valence-electron chi connectivity index (χ2n) is 12.0. The van der Waals surface area contributed by atoms with Crippen LogP contribution in [-0.4, -0.2) is 0 Å². The number of hydrogen-bond acceptors (Lipinski definition) is 1.